The smallest absolute Gasteiger partial charge is 0.221 e. The molecule has 1 unspecified atom stereocenters. The fraction of sp³-hybridized carbons (Fsp3) is 0.846. The summed E-state index contributed by atoms with van der Waals surface area (Å²) in [6.07, 6.45) is 2.32. The minimum absolute atomic E-state index is 0.133. The Morgan fingerprint density at radius 1 is 1.37 bits per heavy atom. The van der Waals surface area contributed by atoms with Crippen molar-refractivity contribution in [3.05, 3.63) is 0 Å². The summed E-state index contributed by atoms with van der Waals surface area (Å²) in [6, 6.07) is 0.551. The molecule has 2 fully saturated rings. The molecule has 5 nitrogen and oxygen atoms in total. The van der Waals surface area contributed by atoms with Crippen molar-refractivity contribution in [3.8, 4) is 0 Å². The van der Waals surface area contributed by atoms with Crippen LogP contribution in [0.5, 0.6) is 0 Å². The fourth-order valence-electron chi connectivity index (χ4n) is 2.60. The number of thioether (sulfide) groups is 1. The van der Waals surface area contributed by atoms with E-state index in [-0.39, 0.29) is 17.9 Å². The average molecular weight is 285 g/mol. The molecule has 0 spiro atoms. The first-order chi connectivity index (χ1) is 9.15. The van der Waals surface area contributed by atoms with Gasteiger partial charge in [-0.3, -0.25) is 9.59 Å². The molecule has 2 aliphatic rings. The molecule has 2 saturated heterocycles. The standard InChI is InChI=1S/C13H23N3O2S/c1-10(17)16-5-2-11(3-6-16)15-13(18)8-12-9-19-7-4-14-12/h11-12,14H,2-9H2,1H3,(H,15,18). The molecule has 0 saturated carbocycles. The van der Waals surface area contributed by atoms with E-state index < -0.39 is 0 Å². The molecule has 1 atom stereocenters. The molecule has 0 aromatic rings. The second-order valence-corrected chi connectivity index (χ2v) is 6.43. The first-order valence-electron chi connectivity index (χ1n) is 7.01. The minimum atomic E-state index is 0.133. The van der Waals surface area contributed by atoms with Gasteiger partial charge >= 0.3 is 0 Å². The van der Waals surface area contributed by atoms with Gasteiger partial charge in [-0.2, -0.15) is 11.8 Å². The van der Waals surface area contributed by atoms with Crippen molar-refractivity contribution in [1.29, 1.82) is 0 Å². The van der Waals surface area contributed by atoms with Crippen LogP contribution in [0, 0.1) is 0 Å². The Labute approximate surface area is 118 Å². The van der Waals surface area contributed by atoms with E-state index in [9.17, 15) is 9.59 Å². The van der Waals surface area contributed by atoms with Gasteiger partial charge in [0.1, 0.15) is 0 Å². The summed E-state index contributed by atoms with van der Waals surface area (Å²) in [5.41, 5.74) is 0. The van der Waals surface area contributed by atoms with Gasteiger partial charge in [0.15, 0.2) is 0 Å². The van der Waals surface area contributed by atoms with E-state index >= 15 is 0 Å². The predicted octanol–water partition coefficient (Wildman–Crippen LogP) is 0.209. The van der Waals surface area contributed by atoms with Gasteiger partial charge in [-0.25, -0.2) is 0 Å². The lowest BCUT2D eigenvalue weighted by atomic mass is 10.0. The van der Waals surface area contributed by atoms with Crippen molar-refractivity contribution in [2.24, 2.45) is 0 Å². The van der Waals surface area contributed by atoms with E-state index in [4.69, 9.17) is 0 Å². The number of nitrogens with one attached hydrogen (secondary N) is 2. The van der Waals surface area contributed by atoms with Crippen LogP contribution in [-0.2, 0) is 9.59 Å². The number of nitrogens with zero attached hydrogens (tertiary/aromatic N) is 1. The summed E-state index contributed by atoms with van der Waals surface area (Å²) in [6.45, 7) is 4.13. The zero-order valence-corrected chi connectivity index (χ0v) is 12.3. The van der Waals surface area contributed by atoms with Crippen LogP contribution in [0.25, 0.3) is 0 Å². The van der Waals surface area contributed by atoms with Crippen LogP contribution in [0.1, 0.15) is 26.2 Å². The van der Waals surface area contributed by atoms with Crippen molar-refractivity contribution < 1.29 is 9.59 Å². The molecule has 0 bridgehead atoms. The lowest BCUT2D eigenvalue weighted by Crippen LogP contribution is -2.48. The molecule has 2 amide bonds. The monoisotopic (exact) mass is 285 g/mol. The maximum absolute atomic E-state index is 12.0. The van der Waals surface area contributed by atoms with Gasteiger partial charge < -0.3 is 15.5 Å². The largest absolute Gasteiger partial charge is 0.353 e. The first-order valence-corrected chi connectivity index (χ1v) is 8.16. The van der Waals surface area contributed by atoms with Crippen molar-refractivity contribution in [2.45, 2.75) is 38.3 Å². The number of hydrogen-bond donors (Lipinski definition) is 2. The summed E-state index contributed by atoms with van der Waals surface area (Å²) in [5.74, 6) is 2.44. The average Bonchev–Trinajstić information content (AvgIpc) is 2.40. The molecule has 2 N–H and O–H groups in total. The van der Waals surface area contributed by atoms with Gasteiger partial charge in [-0.1, -0.05) is 0 Å². The number of likely N-dealkylation sites (tertiary alicyclic amines) is 1. The Hall–Kier alpha value is -0.750. The number of carbonyl (C=O) groups excluding carboxylic acids is 2. The fourth-order valence-corrected chi connectivity index (χ4v) is 3.55. The Bertz CT molecular complexity index is 324. The SMILES string of the molecule is CC(=O)N1CCC(NC(=O)CC2CSCCN2)CC1. The van der Waals surface area contributed by atoms with Gasteiger partial charge in [0.05, 0.1) is 0 Å². The van der Waals surface area contributed by atoms with E-state index in [1.54, 1.807) is 6.92 Å². The normalized spacial score (nSPS) is 25.1. The van der Waals surface area contributed by atoms with Gasteiger partial charge in [0, 0.05) is 56.6 Å². The Kier molecular flexibility index (Phi) is 5.51. The number of carbonyl (C=O) groups is 2. The number of hydrogen-bond acceptors (Lipinski definition) is 4. The number of rotatable bonds is 3. The van der Waals surface area contributed by atoms with Crippen molar-refractivity contribution in [3.63, 3.8) is 0 Å². The second-order valence-electron chi connectivity index (χ2n) is 5.28. The van der Waals surface area contributed by atoms with Gasteiger partial charge in [-0.05, 0) is 12.8 Å². The summed E-state index contributed by atoms with van der Waals surface area (Å²) in [5, 5.41) is 6.47. The maximum Gasteiger partial charge on any atom is 0.221 e. The first kappa shape index (κ1) is 14.7. The zero-order chi connectivity index (χ0) is 13.7. The molecule has 2 heterocycles. The van der Waals surface area contributed by atoms with Crippen molar-refractivity contribution in [1.82, 2.24) is 15.5 Å². The molecule has 108 valence electrons. The number of piperidine rings is 1. The van der Waals surface area contributed by atoms with Crippen LogP contribution in [0.4, 0.5) is 0 Å². The minimum Gasteiger partial charge on any atom is -0.353 e. The molecule has 0 aromatic carbocycles. The Morgan fingerprint density at radius 2 is 2.11 bits per heavy atom. The molecule has 0 radical (unpaired) electrons. The summed E-state index contributed by atoms with van der Waals surface area (Å²) in [4.78, 5) is 25.0. The lowest BCUT2D eigenvalue weighted by Gasteiger charge is -2.32. The number of amides is 2. The maximum atomic E-state index is 12.0. The van der Waals surface area contributed by atoms with E-state index in [2.05, 4.69) is 10.6 Å². The summed E-state index contributed by atoms with van der Waals surface area (Å²) >= 11 is 1.91. The van der Waals surface area contributed by atoms with Crippen molar-refractivity contribution >= 4 is 23.6 Å². The van der Waals surface area contributed by atoms with E-state index in [0.29, 0.717) is 12.5 Å². The van der Waals surface area contributed by atoms with Crippen LogP contribution in [0.2, 0.25) is 0 Å². The lowest BCUT2D eigenvalue weighted by molar-refractivity contribution is -0.130. The molecule has 0 aromatic heterocycles. The van der Waals surface area contributed by atoms with Crippen LogP contribution in [0.15, 0.2) is 0 Å². The summed E-state index contributed by atoms with van der Waals surface area (Å²) < 4.78 is 0. The van der Waals surface area contributed by atoms with Crippen LogP contribution >= 0.6 is 11.8 Å². The highest BCUT2D eigenvalue weighted by molar-refractivity contribution is 7.99. The summed E-state index contributed by atoms with van der Waals surface area (Å²) in [7, 11) is 0. The van der Waals surface area contributed by atoms with E-state index in [0.717, 1.165) is 44.0 Å². The highest BCUT2D eigenvalue weighted by Gasteiger charge is 2.23. The Balaban J connectivity index is 1.67. The highest BCUT2D eigenvalue weighted by atomic mass is 32.2. The molecule has 19 heavy (non-hydrogen) atoms. The molecule has 2 rings (SSSR count). The quantitative estimate of drug-likeness (QED) is 0.778. The third-order valence-corrected chi connectivity index (χ3v) is 4.87. The molecule has 6 heteroatoms. The second kappa shape index (κ2) is 7.14. The molecular formula is C13H23N3O2S. The molecule has 2 aliphatic heterocycles. The van der Waals surface area contributed by atoms with Gasteiger partial charge in [0.2, 0.25) is 11.8 Å². The third kappa shape index (κ3) is 4.69. The van der Waals surface area contributed by atoms with Gasteiger partial charge in [0.25, 0.3) is 0 Å². The molecule has 0 aliphatic carbocycles. The van der Waals surface area contributed by atoms with Crippen molar-refractivity contribution in [2.75, 3.05) is 31.1 Å². The van der Waals surface area contributed by atoms with Crippen LogP contribution < -0.4 is 10.6 Å². The highest BCUT2D eigenvalue weighted by Crippen LogP contribution is 2.13. The predicted molar refractivity (Wildman–Crippen MR) is 77.2 cm³/mol. The zero-order valence-electron chi connectivity index (χ0n) is 11.5. The van der Waals surface area contributed by atoms with Crippen LogP contribution in [0.3, 0.4) is 0 Å². The van der Waals surface area contributed by atoms with Gasteiger partial charge in [-0.15, -0.1) is 0 Å². The topological polar surface area (TPSA) is 61.4 Å². The van der Waals surface area contributed by atoms with E-state index in [1.165, 1.54) is 0 Å². The van der Waals surface area contributed by atoms with E-state index in [1.807, 2.05) is 16.7 Å². The Morgan fingerprint density at radius 3 is 2.68 bits per heavy atom. The van der Waals surface area contributed by atoms with Crippen LogP contribution in [-0.4, -0.2) is 59.9 Å². The third-order valence-electron chi connectivity index (χ3n) is 3.74. The molecular weight excluding hydrogens is 262 g/mol.